The van der Waals surface area contributed by atoms with Crippen molar-refractivity contribution in [2.24, 2.45) is 5.73 Å². The molecule has 1 aromatic carbocycles. The summed E-state index contributed by atoms with van der Waals surface area (Å²) in [6.45, 7) is 0.0175. The Bertz CT molecular complexity index is 454. The van der Waals surface area contributed by atoms with Crippen molar-refractivity contribution in [2.75, 3.05) is 13.9 Å². The average molecular weight is 300 g/mol. The predicted octanol–water partition coefficient (Wildman–Crippen LogP) is 2.80. The Morgan fingerprint density at radius 1 is 1.37 bits per heavy atom. The van der Waals surface area contributed by atoms with E-state index in [1.165, 1.54) is 19.2 Å². The van der Waals surface area contributed by atoms with Crippen LogP contribution in [-0.4, -0.2) is 20.1 Å². The van der Waals surface area contributed by atoms with Gasteiger partial charge >= 0.3 is 6.18 Å². The minimum atomic E-state index is -4.32. The molecule has 0 radical (unpaired) electrons. The predicted molar refractivity (Wildman–Crippen MR) is 64.0 cm³/mol. The number of alkyl halides is 3. The maximum atomic E-state index is 12.3. The lowest BCUT2D eigenvalue weighted by Gasteiger charge is -2.16. The topological polar surface area (TPSA) is 53.7 Å². The van der Waals surface area contributed by atoms with E-state index in [-0.39, 0.29) is 19.2 Å². The van der Waals surface area contributed by atoms with Crippen LogP contribution in [0.15, 0.2) is 12.1 Å². The molecule has 0 unspecified atom stereocenters. The molecule has 0 aromatic heterocycles. The van der Waals surface area contributed by atoms with E-state index in [4.69, 9.17) is 19.9 Å². The van der Waals surface area contributed by atoms with Crippen LogP contribution in [0.25, 0.3) is 0 Å². The quantitative estimate of drug-likeness (QED) is 0.932. The van der Waals surface area contributed by atoms with E-state index in [1.807, 2.05) is 0 Å². The molecule has 0 saturated heterocycles. The molecular formula is C11H13ClF3NO3. The third-order valence-corrected chi connectivity index (χ3v) is 2.56. The Balaban J connectivity index is 0.00000180. The Morgan fingerprint density at radius 3 is 2.63 bits per heavy atom. The van der Waals surface area contributed by atoms with E-state index < -0.39 is 18.6 Å². The molecule has 1 heterocycles. The first-order valence-electron chi connectivity index (χ1n) is 5.20. The lowest BCUT2D eigenvalue weighted by Crippen LogP contribution is -2.20. The molecule has 0 fully saturated rings. The number of fused-ring (bicyclic) bond motifs is 1. The fourth-order valence-electron chi connectivity index (χ4n) is 1.73. The number of halogens is 4. The summed E-state index contributed by atoms with van der Waals surface area (Å²) in [6.07, 6.45) is -5.42. The Labute approximate surface area is 114 Å². The van der Waals surface area contributed by atoms with Gasteiger partial charge in [-0.1, -0.05) is 0 Å². The normalized spacial score (nSPS) is 14.8. The molecule has 0 saturated carbocycles. The van der Waals surface area contributed by atoms with Crippen molar-refractivity contribution < 1.29 is 27.4 Å². The highest BCUT2D eigenvalue weighted by molar-refractivity contribution is 5.85. The van der Waals surface area contributed by atoms with Gasteiger partial charge in [0, 0.05) is 6.04 Å². The molecule has 0 spiro atoms. The molecular weight excluding hydrogens is 287 g/mol. The summed E-state index contributed by atoms with van der Waals surface area (Å²) in [5.41, 5.74) is 5.83. The van der Waals surface area contributed by atoms with Gasteiger partial charge in [0.2, 0.25) is 12.5 Å². The zero-order valence-corrected chi connectivity index (χ0v) is 10.8. The van der Waals surface area contributed by atoms with E-state index in [0.717, 1.165) is 0 Å². The fraction of sp³-hybridized carbons (Fsp3) is 0.455. The molecule has 2 N–H and O–H groups in total. The zero-order chi connectivity index (χ0) is 13.3. The lowest BCUT2D eigenvalue weighted by atomic mass is 10.0. The van der Waals surface area contributed by atoms with Crippen molar-refractivity contribution in [3.8, 4) is 17.2 Å². The highest BCUT2D eigenvalue weighted by Crippen LogP contribution is 2.43. The average Bonchev–Trinajstić information content (AvgIpc) is 2.73. The second kappa shape index (κ2) is 5.75. The van der Waals surface area contributed by atoms with Gasteiger partial charge in [-0.25, -0.2) is 0 Å². The van der Waals surface area contributed by atoms with Gasteiger partial charge in [-0.2, -0.15) is 13.2 Å². The summed E-state index contributed by atoms with van der Waals surface area (Å²) in [4.78, 5) is 0. The Morgan fingerprint density at radius 2 is 2.05 bits per heavy atom. The van der Waals surface area contributed by atoms with Crippen LogP contribution < -0.4 is 19.9 Å². The van der Waals surface area contributed by atoms with Crippen molar-refractivity contribution in [2.45, 2.75) is 18.6 Å². The van der Waals surface area contributed by atoms with Crippen LogP contribution in [-0.2, 0) is 0 Å². The summed E-state index contributed by atoms with van der Waals surface area (Å²) in [6, 6.07) is 1.72. The molecule has 1 aromatic rings. The Hall–Kier alpha value is -1.34. The van der Waals surface area contributed by atoms with E-state index in [0.29, 0.717) is 22.8 Å². The van der Waals surface area contributed by atoms with Crippen molar-refractivity contribution in [1.82, 2.24) is 0 Å². The third kappa shape index (κ3) is 3.57. The van der Waals surface area contributed by atoms with Crippen LogP contribution in [0.3, 0.4) is 0 Å². The molecule has 0 amide bonds. The van der Waals surface area contributed by atoms with Gasteiger partial charge in [-0.15, -0.1) is 12.4 Å². The number of methoxy groups -OCH3 is 1. The van der Waals surface area contributed by atoms with Gasteiger partial charge in [-0.05, 0) is 17.7 Å². The molecule has 8 heteroatoms. The highest BCUT2D eigenvalue weighted by atomic mass is 35.5. The molecule has 0 bridgehead atoms. The first-order chi connectivity index (χ1) is 8.40. The number of hydrogen-bond acceptors (Lipinski definition) is 4. The molecule has 1 aliphatic rings. The monoisotopic (exact) mass is 299 g/mol. The number of hydrogen-bond donors (Lipinski definition) is 1. The van der Waals surface area contributed by atoms with E-state index in [2.05, 4.69) is 0 Å². The molecule has 108 valence electrons. The van der Waals surface area contributed by atoms with Crippen molar-refractivity contribution in [3.63, 3.8) is 0 Å². The third-order valence-electron chi connectivity index (χ3n) is 2.56. The first kappa shape index (κ1) is 15.7. The van der Waals surface area contributed by atoms with Crippen LogP contribution >= 0.6 is 12.4 Å². The zero-order valence-electron chi connectivity index (χ0n) is 9.99. The summed E-state index contributed by atoms with van der Waals surface area (Å²) in [5.74, 6) is 1.06. The van der Waals surface area contributed by atoms with E-state index >= 15 is 0 Å². The second-order valence-electron chi connectivity index (χ2n) is 3.88. The number of rotatable bonds is 3. The first-order valence-corrected chi connectivity index (χ1v) is 5.20. The summed E-state index contributed by atoms with van der Waals surface area (Å²) in [7, 11) is 1.40. The van der Waals surface area contributed by atoms with E-state index in [9.17, 15) is 13.2 Å². The Kier molecular flexibility index (Phi) is 4.75. The second-order valence-corrected chi connectivity index (χ2v) is 3.88. The lowest BCUT2D eigenvalue weighted by molar-refractivity contribution is -0.138. The smallest absolute Gasteiger partial charge is 0.390 e. The van der Waals surface area contributed by atoms with Crippen LogP contribution in [0.5, 0.6) is 17.2 Å². The van der Waals surface area contributed by atoms with E-state index in [1.54, 1.807) is 0 Å². The fourth-order valence-corrected chi connectivity index (χ4v) is 1.73. The number of ether oxygens (including phenoxy) is 3. The van der Waals surface area contributed by atoms with Gasteiger partial charge in [0.25, 0.3) is 0 Å². The van der Waals surface area contributed by atoms with Gasteiger partial charge in [0.1, 0.15) is 0 Å². The molecule has 2 rings (SSSR count). The molecule has 1 aliphatic heterocycles. The van der Waals surface area contributed by atoms with Gasteiger partial charge in [0.05, 0.1) is 13.5 Å². The van der Waals surface area contributed by atoms with Crippen molar-refractivity contribution in [1.29, 1.82) is 0 Å². The van der Waals surface area contributed by atoms with Gasteiger partial charge in [0.15, 0.2) is 11.5 Å². The van der Waals surface area contributed by atoms with Crippen molar-refractivity contribution in [3.05, 3.63) is 17.7 Å². The SMILES string of the molecule is COc1cc([C@@H](N)CC(F)(F)F)cc2c1OCO2.Cl. The van der Waals surface area contributed by atoms with Crippen LogP contribution in [0.4, 0.5) is 13.2 Å². The largest absolute Gasteiger partial charge is 0.493 e. The molecule has 19 heavy (non-hydrogen) atoms. The van der Waals surface area contributed by atoms with Crippen LogP contribution in [0, 0.1) is 0 Å². The standard InChI is InChI=1S/C11H12F3NO3.ClH/c1-16-8-2-6(7(15)4-11(12,13)14)3-9-10(8)18-5-17-9;/h2-3,7H,4-5,15H2,1H3;1H/t7-;/m0./s1. The highest BCUT2D eigenvalue weighted by Gasteiger charge is 2.32. The number of nitrogens with two attached hydrogens (primary N) is 1. The minimum absolute atomic E-state index is 0. The number of benzene rings is 1. The minimum Gasteiger partial charge on any atom is -0.493 e. The maximum Gasteiger partial charge on any atom is 0.390 e. The van der Waals surface area contributed by atoms with Crippen LogP contribution in [0.1, 0.15) is 18.0 Å². The van der Waals surface area contributed by atoms with Crippen molar-refractivity contribution >= 4 is 12.4 Å². The molecule has 1 atom stereocenters. The van der Waals surface area contributed by atoms with Gasteiger partial charge < -0.3 is 19.9 Å². The summed E-state index contributed by atoms with van der Waals surface area (Å²) < 4.78 is 52.1. The summed E-state index contributed by atoms with van der Waals surface area (Å²) in [5, 5.41) is 0. The molecule has 0 aliphatic carbocycles. The van der Waals surface area contributed by atoms with Crippen LogP contribution in [0.2, 0.25) is 0 Å². The van der Waals surface area contributed by atoms with Gasteiger partial charge in [-0.3, -0.25) is 0 Å². The molecule has 4 nitrogen and oxygen atoms in total. The summed E-state index contributed by atoms with van der Waals surface area (Å²) >= 11 is 0. The maximum absolute atomic E-state index is 12.3.